The molecular formula is C19H21F4N3O. The van der Waals surface area contributed by atoms with Gasteiger partial charge in [0.25, 0.3) is 0 Å². The Bertz CT molecular complexity index is 790. The standard InChI is InChI=1S/C19H21F4N3O/c1-10-8-26(9-11(2)27-10)19-16(22)14(20)18(15(21)17(19)23)25-7-12-3-5-13(24)6-4-12/h3-6,10-11,25H,7-9,24H2,1-2H3/t10-,11+. The fourth-order valence-electron chi connectivity index (χ4n) is 3.24. The van der Waals surface area contributed by atoms with E-state index < -0.39 is 34.6 Å². The summed E-state index contributed by atoms with van der Waals surface area (Å²) < 4.78 is 63.7. The normalized spacial score (nSPS) is 20.0. The molecule has 3 rings (SSSR count). The second-order valence-corrected chi connectivity index (χ2v) is 6.74. The third-order valence-corrected chi connectivity index (χ3v) is 4.43. The topological polar surface area (TPSA) is 50.5 Å². The Labute approximate surface area is 154 Å². The molecule has 1 saturated heterocycles. The maximum Gasteiger partial charge on any atom is 0.187 e. The van der Waals surface area contributed by atoms with Crippen LogP contribution in [0.25, 0.3) is 0 Å². The summed E-state index contributed by atoms with van der Waals surface area (Å²) in [6.07, 6.45) is -0.635. The lowest BCUT2D eigenvalue weighted by Crippen LogP contribution is -2.46. The van der Waals surface area contributed by atoms with Gasteiger partial charge in [0.1, 0.15) is 11.4 Å². The SMILES string of the molecule is C[C@@H]1CN(c2c(F)c(F)c(NCc3ccc(N)cc3)c(F)c2F)C[C@H](C)O1. The van der Waals surface area contributed by atoms with Crippen LogP contribution >= 0.6 is 0 Å². The first-order chi connectivity index (χ1) is 12.8. The van der Waals surface area contributed by atoms with Gasteiger partial charge in [0.15, 0.2) is 23.3 Å². The van der Waals surface area contributed by atoms with Crippen LogP contribution in [0.4, 0.5) is 34.6 Å². The van der Waals surface area contributed by atoms with Gasteiger partial charge in [-0.25, -0.2) is 17.6 Å². The fourth-order valence-corrected chi connectivity index (χ4v) is 3.24. The molecule has 146 valence electrons. The monoisotopic (exact) mass is 383 g/mol. The van der Waals surface area contributed by atoms with E-state index in [1.54, 1.807) is 38.1 Å². The maximum atomic E-state index is 14.6. The van der Waals surface area contributed by atoms with Crippen molar-refractivity contribution < 1.29 is 22.3 Å². The zero-order chi connectivity index (χ0) is 19.7. The van der Waals surface area contributed by atoms with Crippen LogP contribution in [0.1, 0.15) is 19.4 Å². The molecule has 2 atom stereocenters. The minimum absolute atomic E-state index is 0.0159. The van der Waals surface area contributed by atoms with E-state index in [4.69, 9.17) is 10.5 Å². The number of anilines is 3. The van der Waals surface area contributed by atoms with Crippen LogP contribution in [0.5, 0.6) is 0 Å². The van der Waals surface area contributed by atoms with Crippen LogP contribution in [0, 0.1) is 23.3 Å². The number of nitrogen functional groups attached to an aromatic ring is 1. The second kappa shape index (κ2) is 7.64. The van der Waals surface area contributed by atoms with Crippen molar-refractivity contribution in [2.75, 3.05) is 29.0 Å². The molecule has 8 heteroatoms. The highest BCUT2D eigenvalue weighted by atomic mass is 19.2. The van der Waals surface area contributed by atoms with E-state index in [2.05, 4.69) is 5.32 Å². The number of hydrogen-bond acceptors (Lipinski definition) is 4. The van der Waals surface area contributed by atoms with E-state index in [0.29, 0.717) is 11.3 Å². The summed E-state index contributed by atoms with van der Waals surface area (Å²) in [7, 11) is 0. The van der Waals surface area contributed by atoms with E-state index >= 15 is 0 Å². The van der Waals surface area contributed by atoms with Crippen LogP contribution in [-0.2, 0) is 11.3 Å². The third kappa shape index (κ3) is 3.95. The molecule has 0 saturated carbocycles. The summed E-state index contributed by atoms with van der Waals surface area (Å²) in [6.45, 7) is 3.71. The highest BCUT2D eigenvalue weighted by Gasteiger charge is 2.32. The number of nitrogens with zero attached hydrogens (tertiary/aromatic N) is 1. The number of halogens is 4. The van der Waals surface area contributed by atoms with Crippen LogP contribution < -0.4 is 16.0 Å². The Morgan fingerprint density at radius 2 is 1.48 bits per heavy atom. The van der Waals surface area contributed by atoms with Crippen molar-refractivity contribution in [2.45, 2.75) is 32.6 Å². The summed E-state index contributed by atoms with van der Waals surface area (Å²) in [4.78, 5) is 1.28. The Kier molecular flexibility index (Phi) is 5.46. The molecule has 0 aliphatic carbocycles. The molecule has 0 amide bonds. The summed E-state index contributed by atoms with van der Waals surface area (Å²) in [6, 6.07) is 6.54. The Morgan fingerprint density at radius 1 is 0.963 bits per heavy atom. The van der Waals surface area contributed by atoms with Gasteiger partial charge in [0.2, 0.25) is 0 Å². The van der Waals surface area contributed by atoms with Crippen molar-refractivity contribution in [1.29, 1.82) is 0 Å². The number of rotatable bonds is 4. The van der Waals surface area contributed by atoms with Gasteiger partial charge < -0.3 is 20.7 Å². The van der Waals surface area contributed by atoms with E-state index in [1.165, 1.54) is 4.90 Å². The number of nitrogens with two attached hydrogens (primary N) is 1. The quantitative estimate of drug-likeness (QED) is 0.475. The number of hydrogen-bond donors (Lipinski definition) is 2. The predicted molar refractivity (Wildman–Crippen MR) is 96.7 cm³/mol. The summed E-state index contributed by atoms with van der Waals surface area (Å²) in [5, 5.41) is 2.43. The van der Waals surface area contributed by atoms with Crippen LogP contribution in [-0.4, -0.2) is 25.3 Å². The average molecular weight is 383 g/mol. The zero-order valence-electron chi connectivity index (χ0n) is 15.0. The van der Waals surface area contributed by atoms with E-state index in [1.807, 2.05) is 0 Å². The molecule has 1 fully saturated rings. The number of ether oxygens (including phenoxy) is 1. The van der Waals surface area contributed by atoms with Crippen LogP contribution in [0.2, 0.25) is 0 Å². The van der Waals surface area contributed by atoms with Gasteiger partial charge in [0, 0.05) is 25.3 Å². The Balaban J connectivity index is 1.90. The van der Waals surface area contributed by atoms with Crippen molar-refractivity contribution in [1.82, 2.24) is 0 Å². The number of nitrogens with one attached hydrogen (secondary N) is 1. The summed E-state index contributed by atoms with van der Waals surface area (Å²) >= 11 is 0. The van der Waals surface area contributed by atoms with E-state index in [0.717, 1.165) is 0 Å². The molecule has 1 aliphatic heterocycles. The van der Waals surface area contributed by atoms with Gasteiger partial charge in [-0.3, -0.25) is 0 Å². The highest BCUT2D eigenvalue weighted by Crippen LogP contribution is 2.35. The molecule has 2 aromatic rings. The molecular weight excluding hydrogens is 362 g/mol. The first kappa shape index (κ1) is 19.3. The lowest BCUT2D eigenvalue weighted by Gasteiger charge is -2.37. The molecule has 1 heterocycles. The zero-order valence-corrected chi connectivity index (χ0v) is 15.0. The van der Waals surface area contributed by atoms with Gasteiger partial charge in [-0.1, -0.05) is 12.1 Å². The van der Waals surface area contributed by atoms with Crippen LogP contribution in [0.15, 0.2) is 24.3 Å². The molecule has 3 N–H and O–H groups in total. The highest BCUT2D eigenvalue weighted by molar-refractivity contribution is 5.60. The molecule has 0 spiro atoms. The lowest BCUT2D eigenvalue weighted by atomic mass is 10.1. The Morgan fingerprint density at radius 3 is 2.00 bits per heavy atom. The van der Waals surface area contributed by atoms with Crippen molar-refractivity contribution in [3.8, 4) is 0 Å². The number of morpholine rings is 1. The first-order valence-electron chi connectivity index (χ1n) is 8.62. The van der Waals surface area contributed by atoms with Gasteiger partial charge in [-0.15, -0.1) is 0 Å². The van der Waals surface area contributed by atoms with Gasteiger partial charge >= 0.3 is 0 Å². The predicted octanol–water partition coefficient (Wildman–Crippen LogP) is 4.05. The summed E-state index contributed by atoms with van der Waals surface area (Å²) in [5.41, 5.74) is 5.23. The van der Waals surface area contributed by atoms with Gasteiger partial charge in [0.05, 0.1) is 12.2 Å². The second-order valence-electron chi connectivity index (χ2n) is 6.74. The van der Waals surface area contributed by atoms with Crippen molar-refractivity contribution in [2.24, 2.45) is 0 Å². The van der Waals surface area contributed by atoms with E-state index in [9.17, 15) is 17.6 Å². The molecule has 4 nitrogen and oxygen atoms in total. The maximum absolute atomic E-state index is 14.6. The van der Waals surface area contributed by atoms with Gasteiger partial charge in [-0.2, -0.15) is 0 Å². The van der Waals surface area contributed by atoms with Crippen molar-refractivity contribution in [3.05, 3.63) is 53.1 Å². The van der Waals surface area contributed by atoms with Crippen LogP contribution in [0.3, 0.4) is 0 Å². The molecule has 0 unspecified atom stereocenters. The van der Waals surface area contributed by atoms with Crippen molar-refractivity contribution >= 4 is 17.1 Å². The minimum atomic E-state index is -1.45. The average Bonchev–Trinajstić information content (AvgIpc) is 2.61. The molecule has 0 radical (unpaired) electrons. The molecule has 0 bridgehead atoms. The summed E-state index contributed by atoms with van der Waals surface area (Å²) in [5.74, 6) is -5.75. The fraction of sp³-hybridized carbons (Fsp3) is 0.368. The molecule has 27 heavy (non-hydrogen) atoms. The Hall–Kier alpha value is -2.48. The lowest BCUT2D eigenvalue weighted by molar-refractivity contribution is -0.00565. The molecule has 1 aliphatic rings. The first-order valence-corrected chi connectivity index (χ1v) is 8.62. The molecule has 2 aromatic carbocycles. The van der Waals surface area contributed by atoms with Gasteiger partial charge in [-0.05, 0) is 31.5 Å². The molecule has 0 aromatic heterocycles. The largest absolute Gasteiger partial charge is 0.399 e. The third-order valence-electron chi connectivity index (χ3n) is 4.43. The smallest absolute Gasteiger partial charge is 0.187 e. The minimum Gasteiger partial charge on any atom is -0.399 e. The number of benzene rings is 2. The van der Waals surface area contributed by atoms with E-state index in [-0.39, 0.29) is 31.8 Å². The van der Waals surface area contributed by atoms with Crippen molar-refractivity contribution in [3.63, 3.8) is 0 Å².